The molecule has 1 aromatic rings. The SMILES string of the molecule is CCCOCCOc1ccc(C(C)O)cc1Cl. The second-order valence-electron chi connectivity index (χ2n) is 3.83. The lowest BCUT2D eigenvalue weighted by Crippen LogP contribution is -2.07. The number of rotatable bonds is 7. The zero-order valence-electron chi connectivity index (χ0n) is 10.3. The van der Waals surface area contributed by atoms with Crippen molar-refractivity contribution in [3.63, 3.8) is 0 Å². The van der Waals surface area contributed by atoms with Crippen LogP contribution >= 0.6 is 11.6 Å². The topological polar surface area (TPSA) is 38.7 Å². The van der Waals surface area contributed by atoms with Crippen molar-refractivity contribution in [2.24, 2.45) is 0 Å². The highest BCUT2D eigenvalue weighted by atomic mass is 35.5. The van der Waals surface area contributed by atoms with E-state index in [1.165, 1.54) is 0 Å². The molecule has 1 unspecified atom stereocenters. The molecule has 0 aliphatic heterocycles. The molecule has 1 rings (SSSR count). The summed E-state index contributed by atoms with van der Waals surface area (Å²) < 4.78 is 10.8. The highest BCUT2D eigenvalue weighted by Gasteiger charge is 2.06. The fourth-order valence-electron chi connectivity index (χ4n) is 1.35. The summed E-state index contributed by atoms with van der Waals surface area (Å²) in [6, 6.07) is 5.29. The van der Waals surface area contributed by atoms with Gasteiger partial charge in [0.05, 0.1) is 17.7 Å². The lowest BCUT2D eigenvalue weighted by Gasteiger charge is -2.10. The maximum Gasteiger partial charge on any atom is 0.138 e. The number of hydrogen-bond acceptors (Lipinski definition) is 3. The molecule has 1 atom stereocenters. The molecule has 0 fully saturated rings. The Hall–Kier alpha value is -0.770. The normalized spacial score (nSPS) is 12.5. The summed E-state index contributed by atoms with van der Waals surface area (Å²) in [4.78, 5) is 0. The number of hydrogen-bond donors (Lipinski definition) is 1. The molecule has 0 amide bonds. The van der Waals surface area contributed by atoms with Crippen LogP contribution < -0.4 is 4.74 Å². The summed E-state index contributed by atoms with van der Waals surface area (Å²) in [5, 5.41) is 9.91. The molecule has 96 valence electrons. The van der Waals surface area contributed by atoms with E-state index in [0.717, 1.165) is 18.6 Å². The molecule has 1 aromatic carbocycles. The fourth-order valence-corrected chi connectivity index (χ4v) is 1.59. The number of aliphatic hydroxyl groups excluding tert-OH is 1. The van der Waals surface area contributed by atoms with Gasteiger partial charge < -0.3 is 14.6 Å². The molecule has 0 aromatic heterocycles. The third kappa shape index (κ3) is 4.94. The molecule has 17 heavy (non-hydrogen) atoms. The second kappa shape index (κ2) is 7.54. The first kappa shape index (κ1) is 14.3. The second-order valence-corrected chi connectivity index (χ2v) is 4.23. The van der Waals surface area contributed by atoms with Gasteiger partial charge in [-0.3, -0.25) is 0 Å². The van der Waals surface area contributed by atoms with Crippen LogP contribution in [0.5, 0.6) is 5.75 Å². The minimum atomic E-state index is -0.519. The zero-order valence-corrected chi connectivity index (χ0v) is 11.0. The van der Waals surface area contributed by atoms with Gasteiger partial charge in [0.15, 0.2) is 0 Å². The van der Waals surface area contributed by atoms with Gasteiger partial charge in [-0.15, -0.1) is 0 Å². The Bertz CT molecular complexity index is 339. The van der Waals surface area contributed by atoms with E-state index >= 15 is 0 Å². The molecule has 0 spiro atoms. The Balaban J connectivity index is 2.43. The highest BCUT2D eigenvalue weighted by molar-refractivity contribution is 6.32. The van der Waals surface area contributed by atoms with E-state index in [0.29, 0.717) is 24.0 Å². The maximum atomic E-state index is 9.39. The van der Waals surface area contributed by atoms with E-state index in [9.17, 15) is 5.11 Å². The first-order valence-electron chi connectivity index (χ1n) is 5.83. The van der Waals surface area contributed by atoms with E-state index in [-0.39, 0.29) is 0 Å². The van der Waals surface area contributed by atoms with Gasteiger partial charge in [0, 0.05) is 6.61 Å². The van der Waals surface area contributed by atoms with Crippen LogP contribution in [0.2, 0.25) is 5.02 Å². The van der Waals surface area contributed by atoms with Crippen LogP contribution in [0.4, 0.5) is 0 Å². The molecule has 0 saturated carbocycles. The van der Waals surface area contributed by atoms with Gasteiger partial charge in [-0.1, -0.05) is 24.6 Å². The predicted molar refractivity (Wildman–Crippen MR) is 68.7 cm³/mol. The smallest absolute Gasteiger partial charge is 0.138 e. The van der Waals surface area contributed by atoms with Gasteiger partial charge in [-0.05, 0) is 31.0 Å². The van der Waals surface area contributed by atoms with Crippen LogP contribution in [-0.2, 0) is 4.74 Å². The average Bonchev–Trinajstić information content (AvgIpc) is 2.30. The highest BCUT2D eigenvalue weighted by Crippen LogP contribution is 2.27. The molecule has 4 heteroatoms. The molecule has 0 saturated heterocycles. The summed E-state index contributed by atoms with van der Waals surface area (Å²) in [5.74, 6) is 0.621. The molecule has 3 nitrogen and oxygen atoms in total. The molecular weight excluding hydrogens is 240 g/mol. The van der Waals surface area contributed by atoms with Gasteiger partial charge in [-0.25, -0.2) is 0 Å². The maximum absolute atomic E-state index is 9.39. The van der Waals surface area contributed by atoms with E-state index in [2.05, 4.69) is 6.92 Å². The Kier molecular flexibility index (Phi) is 6.34. The average molecular weight is 259 g/mol. The van der Waals surface area contributed by atoms with Gasteiger partial charge in [0.1, 0.15) is 12.4 Å². The van der Waals surface area contributed by atoms with Crippen molar-refractivity contribution in [3.8, 4) is 5.75 Å². The Morgan fingerprint density at radius 3 is 2.65 bits per heavy atom. The minimum Gasteiger partial charge on any atom is -0.490 e. The van der Waals surface area contributed by atoms with E-state index < -0.39 is 6.10 Å². The Morgan fingerprint density at radius 1 is 1.29 bits per heavy atom. The monoisotopic (exact) mass is 258 g/mol. The fraction of sp³-hybridized carbons (Fsp3) is 0.538. The number of halogens is 1. The van der Waals surface area contributed by atoms with Gasteiger partial charge in [0.25, 0.3) is 0 Å². The lowest BCUT2D eigenvalue weighted by molar-refractivity contribution is 0.101. The molecule has 0 bridgehead atoms. The van der Waals surface area contributed by atoms with Crippen molar-refractivity contribution >= 4 is 11.6 Å². The standard InChI is InChI=1S/C13H19ClO3/c1-3-6-16-7-8-17-13-5-4-11(10(2)15)9-12(13)14/h4-5,9-10,15H,3,6-8H2,1-2H3. The predicted octanol–water partition coefficient (Wildman–Crippen LogP) is 3.20. The molecule has 0 heterocycles. The van der Waals surface area contributed by atoms with Crippen LogP contribution in [0, 0.1) is 0 Å². The van der Waals surface area contributed by atoms with Crippen molar-refractivity contribution < 1.29 is 14.6 Å². The van der Waals surface area contributed by atoms with E-state index in [1.54, 1.807) is 25.1 Å². The number of aliphatic hydroxyl groups is 1. The third-order valence-electron chi connectivity index (χ3n) is 2.27. The van der Waals surface area contributed by atoms with Crippen molar-refractivity contribution in [2.75, 3.05) is 19.8 Å². The lowest BCUT2D eigenvalue weighted by atomic mass is 10.1. The van der Waals surface area contributed by atoms with Crippen LogP contribution in [0.3, 0.4) is 0 Å². The first-order valence-corrected chi connectivity index (χ1v) is 6.21. The zero-order chi connectivity index (χ0) is 12.7. The molecule has 0 radical (unpaired) electrons. The minimum absolute atomic E-state index is 0.480. The summed E-state index contributed by atoms with van der Waals surface area (Å²) in [6.07, 6.45) is 0.485. The van der Waals surface area contributed by atoms with Crippen molar-refractivity contribution in [3.05, 3.63) is 28.8 Å². The van der Waals surface area contributed by atoms with Crippen molar-refractivity contribution in [1.29, 1.82) is 0 Å². The van der Waals surface area contributed by atoms with Crippen molar-refractivity contribution in [1.82, 2.24) is 0 Å². The van der Waals surface area contributed by atoms with Gasteiger partial charge in [0.2, 0.25) is 0 Å². The van der Waals surface area contributed by atoms with E-state index in [4.69, 9.17) is 21.1 Å². The van der Waals surface area contributed by atoms with Crippen molar-refractivity contribution in [2.45, 2.75) is 26.4 Å². The number of ether oxygens (including phenoxy) is 2. The Morgan fingerprint density at radius 2 is 2.06 bits per heavy atom. The van der Waals surface area contributed by atoms with E-state index in [1.807, 2.05) is 0 Å². The third-order valence-corrected chi connectivity index (χ3v) is 2.57. The Labute approximate surface area is 107 Å². The molecule has 0 aliphatic carbocycles. The summed E-state index contributed by atoms with van der Waals surface area (Å²) in [6.45, 7) is 5.55. The first-order chi connectivity index (χ1) is 8.15. The van der Waals surface area contributed by atoms with Crippen LogP contribution in [0.15, 0.2) is 18.2 Å². The quantitative estimate of drug-likeness (QED) is 0.764. The van der Waals surface area contributed by atoms with Crippen LogP contribution in [0.1, 0.15) is 31.9 Å². The summed E-state index contributed by atoms with van der Waals surface area (Å²) >= 11 is 6.04. The summed E-state index contributed by atoms with van der Waals surface area (Å²) in [5.41, 5.74) is 0.782. The summed E-state index contributed by atoms with van der Waals surface area (Å²) in [7, 11) is 0. The number of benzene rings is 1. The molecular formula is C13H19ClO3. The molecule has 0 aliphatic rings. The molecule has 1 N–H and O–H groups in total. The van der Waals surface area contributed by atoms with Crippen LogP contribution in [-0.4, -0.2) is 24.9 Å². The van der Waals surface area contributed by atoms with Crippen LogP contribution in [0.25, 0.3) is 0 Å². The van der Waals surface area contributed by atoms with Gasteiger partial charge >= 0.3 is 0 Å². The largest absolute Gasteiger partial charge is 0.490 e. The van der Waals surface area contributed by atoms with Gasteiger partial charge in [-0.2, -0.15) is 0 Å².